The Hall–Kier alpha value is -6.53. The molecule has 90 heavy (non-hydrogen) atoms. The molecule has 6 heterocycles. The van der Waals surface area contributed by atoms with Crippen molar-refractivity contribution in [1.29, 1.82) is 0 Å². The molecule has 0 spiro atoms. The van der Waals surface area contributed by atoms with E-state index in [-0.39, 0.29) is 16.9 Å². The predicted molar refractivity (Wildman–Crippen MR) is 289 cm³/mol. The molecule has 5 saturated heterocycles. The van der Waals surface area contributed by atoms with Crippen molar-refractivity contribution in [2.75, 3.05) is 26.4 Å². The van der Waals surface area contributed by atoms with E-state index in [0.29, 0.717) is 0 Å². The van der Waals surface area contributed by atoms with Crippen LogP contribution in [-0.2, 0) is 57.0 Å². The maximum absolute atomic E-state index is 15.1. The number of esters is 2. The Morgan fingerprint density at radius 2 is 1.03 bits per heavy atom. The van der Waals surface area contributed by atoms with Gasteiger partial charge in [0.1, 0.15) is 145 Å². The predicted octanol–water partition coefficient (Wildman–Crippen LogP) is -6.02. The molecule has 3 aromatic carbocycles. The van der Waals surface area contributed by atoms with E-state index in [1.807, 2.05) is 0 Å². The number of phenols is 4. The minimum absolute atomic E-state index is 0.0918. The first-order valence-electron chi connectivity index (χ1n) is 27.8. The lowest BCUT2D eigenvalue weighted by molar-refractivity contribution is -0.383. The summed E-state index contributed by atoms with van der Waals surface area (Å²) in [4.78, 5) is 39.7. The van der Waals surface area contributed by atoms with Crippen LogP contribution in [0.3, 0.4) is 0 Å². The van der Waals surface area contributed by atoms with E-state index in [2.05, 4.69) is 0 Å². The summed E-state index contributed by atoms with van der Waals surface area (Å²) in [5, 5.41) is 193. The van der Waals surface area contributed by atoms with Crippen molar-refractivity contribution in [2.45, 2.75) is 167 Å². The summed E-state index contributed by atoms with van der Waals surface area (Å²) >= 11 is 0. The fraction of sp³-hybridized carbons (Fsp3) is 0.554. The van der Waals surface area contributed by atoms with E-state index in [4.69, 9.17) is 61.3 Å². The third-order valence-corrected chi connectivity index (χ3v) is 15.4. The Labute approximate surface area is 506 Å². The minimum Gasteiger partial charge on any atom is -0.508 e. The first kappa shape index (κ1) is 67.9. The molecule has 0 saturated carbocycles. The van der Waals surface area contributed by atoms with Gasteiger partial charge in [-0.2, -0.15) is 0 Å². The Morgan fingerprint density at radius 3 is 1.66 bits per heavy atom. The zero-order valence-electron chi connectivity index (χ0n) is 47.2. The number of aliphatic hydroxyl groups is 14. The average molecular weight is 1290 g/mol. The van der Waals surface area contributed by atoms with Gasteiger partial charge in [-0.05, 0) is 55.0 Å². The smallest absolute Gasteiger partial charge is 0.330 e. The van der Waals surface area contributed by atoms with Crippen LogP contribution in [0.25, 0.3) is 28.4 Å². The van der Waals surface area contributed by atoms with Crippen LogP contribution in [0, 0.1) is 0 Å². The van der Waals surface area contributed by atoms with Crippen LogP contribution < -0.4 is 14.9 Å². The fourth-order valence-electron chi connectivity index (χ4n) is 10.4. The van der Waals surface area contributed by atoms with Gasteiger partial charge in [-0.1, -0.05) is 6.07 Å². The molecule has 1 aromatic heterocycles. The monoisotopic (exact) mass is 1280 g/mol. The highest BCUT2D eigenvalue weighted by molar-refractivity contribution is 5.89. The van der Waals surface area contributed by atoms with Gasteiger partial charge >= 0.3 is 11.9 Å². The van der Waals surface area contributed by atoms with Gasteiger partial charge in [0.2, 0.25) is 23.8 Å². The molecule has 0 bridgehead atoms. The number of ether oxygens (including phenoxy) is 12. The third-order valence-electron chi connectivity index (χ3n) is 15.4. The van der Waals surface area contributed by atoms with Crippen LogP contribution in [0.5, 0.6) is 34.5 Å². The van der Waals surface area contributed by atoms with E-state index in [1.165, 1.54) is 31.2 Å². The quantitative estimate of drug-likeness (QED) is 0.0236. The fourth-order valence-corrected chi connectivity index (χ4v) is 10.4. The molecule has 0 unspecified atom stereocenters. The summed E-state index contributed by atoms with van der Waals surface area (Å²) < 4.78 is 75.7. The topological polar surface area (TPSA) is 539 Å². The number of aliphatic hydroxyl groups excluding tert-OH is 14. The molecule has 496 valence electrons. The van der Waals surface area contributed by atoms with Crippen molar-refractivity contribution >= 4 is 29.0 Å². The van der Waals surface area contributed by atoms with Crippen LogP contribution in [-0.4, -0.2) is 284 Å². The van der Waals surface area contributed by atoms with Gasteiger partial charge in [0.25, 0.3) is 0 Å². The molecular weight excluding hydrogens is 1220 g/mol. The van der Waals surface area contributed by atoms with Gasteiger partial charge in [-0.15, -0.1) is 0 Å². The van der Waals surface area contributed by atoms with E-state index in [1.54, 1.807) is 0 Å². The molecule has 25 atom stereocenters. The number of hydrogen-bond donors (Lipinski definition) is 18. The summed E-state index contributed by atoms with van der Waals surface area (Å²) in [6.45, 7) is -1.24. The molecule has 18 N–H and O–H groups in total. The Morgan fingerprint density at radius 1 is 0.511 bits per heavy atom. The molecule has 34 nitrogen and oxygen atoms in total. The van der Waals surface area contributed by atoms with Crippen molar-refractivity contribution in [2.24, 2.45) is 0 Å². The van der Waals surface area contributed by atoms with Crippen LogP contribution >= 0.6 is 0 Å². The SMILES string of the molecule is CC(=O)OC[C@H]1O[C@@H](O[C@H]2[C@H](O)[C@@H](CO)O[C@@H](Oc3cc(O)c4c(=O)c(O[C@@H]5O[C@H](COC(=O)/C=C/c6ccc(O)c(O)c6)[C@@H](O)[C@H](O)[C@H]5O[C@@H]5O[C@H](CO)[C@@H](O)[C@H](O)[C@H]5O)c(-c5ccc(O)cc5)oc4c3)[C@@H]2O[C@@H]2O[C@@H](C)[C@H](O)[C@@H](O)[C@H]2O)[C@H](O)[C@@H](O)[C@@H]1O. The molecular formula is C56H68O34. The first-order chi connectivity index (χ1) is 42.7. The lowest BCUT2D eigenvalue weighted by Gasteiger charge is -2.48. The van der Waals surface area contributed by atoms with Gasteiger partial charge in [0, 0.05) is 30.7 Å². The second-order valence-electron chi connectivity index (χ2n) is 21.6. The maximum Gasteiger partial charge on any atom is 0.330 e. The highest BCUT2D eigenvalue weighted by atomic mass is 16.8. The molecule has 5 aliphatic rings. The zero-order valence-corrected chi connectivity index (χ0v) is 47.2. The van der Waals surface area contributed by atoms with E-state index >= 15 is 4.79 Å². The van der Waals surface area contributed by atoms with Gasteiger partial charge in [-0.3, -0.25) is 9.59 Å². The Kier molecular flexibility index (Phi) is 21.5. The number of hydrogen-bond acceptors (Lipinski definition) is 34. The van der Waals surface area contributed by atoms with Crippen LogP contribution in [0.1, 0.15) is 19.4 Å². The van der Waals surface area contributed by atoms with Crippen molar-refractivity contribution in [3.63, 3.8) is 0 Å². The number of phenolic OH excluding ortho intramolecular Hbond substituents is 4. The van der Waals surface area contributed by atoms with E-state index in [0.717, 1.165) is 49.4 Å². The second kappa shape index (κ2) is 28.5. The van der Waals surface area contributed by atoms with Crippen molar-refractivity contribution in [3.8, 4) is 45.8 Å². The molecule has 34 heteroatoms. The average Bonchev–Trinajstić information content (AvgIpc) is 0.767. The highest BCUT2D eigenvalue weighted by Gasteiger charge is 2.56. The lowest BCUT2D eigenvalue weighted by atomic mass is 9.96. The van der Waals surface area contributed by atoms with Gasteiger partial charge in [0.05, 0.1) is 19.3 Å². The van der Waals surface area contributed by atoms with Crippen LogP contribution in [0.4, 0.5) is 0 Å². The van der Waals surface area contributed by atoms with Crippen LogP contribution in [0.15, 0.2) is 69.9 Å². The number of carbonyl (C=O) groups excluding carboxylic acids is 2. The lowest BCUT2D eigenvalue weighted by Crippen LogP contribution is -2.67. The molecule has 0 radical (unpaired) electrons. The third kappa shape index (κ3) is 14.4. The normalized spacial score (nSPS) is 37.4. The zero-order chi connectivity index (χ0) is 65.3. The first-order valence-corrected chi connectivity index (χ1v) is 27.8. The number of aromatic hydroxyl groups is 4. The molecule has 5 fully saturated rings. The van der Waals surface area contributed by atoms with Crippen molar-refractivity contribution in [1.82, 2.24) is 0 Å². The number of fused-ring (bicyclic) bond motifs is 1. The van der Waals surface area contributed by atoms with Gasteiger partial charge < -0.3 is 153 Å². The van der Waals surface area contributed by atoms with Gasteiger partial charge in [0.15, 0.2) is 48.3 Å². The second-order valence-corrected chi connectivity index (χ2v) is 21.6. The van der Waals surface area contributed by atoms with E-state index < -0.39 is 243 Å². The number of benzene rings is 3. The van der Waals surface area contributed by atoms with Crippen molar-refractivity contribution < 1.29 is 163 Å². The molecule has 4 aromatic rings. The largest absolute Gasteiger partial charge is 0.508 e. The molecule has 0 aliphatic carbocycles. The van der Waals surface area contributed by atoms with E-state index in [9.17, 15) is 102 Å². The summed E-state index contributed by atoms with van der Waals surface area (Å²) in [6.07, 6.45) is -46.7. The number of rotatable bonds is 19. The highest BCUT2D eigenvalue weighted by Crippen LogP contribution is 2.41. The summed E-state index contributed by atoms with van der Waals surface area (Å²) in [5.41, 5.74) is -1.70. The summed E-state index contributed by atoms with van der Waals surface area (Å²) in [7, 11) is 0. The number of carbonyl (C=O) groups is 2. The molecule has 0 amide bonds. The minimum atomic E-state index is -2.24. The van der Waals surface area contributed by atoms with Crippen LogP contribution in [0.2, 0.25) is 0 Å². The standard InChI is InChI=1S/C56H68O34/c1-18-34(65)40(71)44(75)52(80-18)90-51-48(87-54-46(77)42(73)36(67)30(85-54)16-78-19(2)59)38(69)29(15-58)84-56(51)81-23-12-26(63)33-27(13-23)82-47(21-5-7-22(60)8-6-21)49(39(33)70)88-55-50(89-53-45(76)41(72)35(66)28(14-57)83-53)43(74)37(68)31(86-55)17-79-32(64)10-4-20-3-9-24(61)25(62)11-20/h3-13,18,28-31,34-38,40-46,48,50-58,60-63,65-69,71-77H,14-17H2,1-2H3/b10-4+/t18-,28+,29+,30+,31+,34-,35+,36+,37+,38+,40+,41-,42-,43-,44+,45+,46+,48-,50+,51+,52-,53-,54-,55-,56+/m0/s1. The van der Waals surface area contributed by atoms with Gasteiger partial charge in [-0.25, -0.2) is 4.79 Å². The Balaban J connectivity index is 1.08. The maximum atomic E-state index is 15.1. The molecule has 9 rings (SSSR count). The Bertz CT molecular complexity index is 3200. The molecule has 5 aliphatic heterocycles. The summed E-state index contributed by atoms with van der Waals surface area (Å²) in [5.74, 6) is -6.17. The van der Waals surface area contributed by atoms with Crippen molar-refractivity contribution in [3.05, 3.63) is 76.5 Å². The summed E-state index contributed by atoms with van der Waals surface area (Å²) in [6, 6.07) is 10.1.